The third kappa shape index (κ3) is 1.16. The molecular formula is C12H12N2O. The lowest BCUT2D eigenvalue weighted by molar-refractivity contribution is 0.431. The minimum Gasteiger partial charge on any atom is -0.380 e. The number of aromatic nitrogens is 1. The van der Waals surface area contributed by atoms with Gasteiger partial charge < -0.3 is 9.84 Å². The molecular weight excluding hydrogens is 188 g/mol. The van der Waals surface area contributed by atoms with Crippen molar-refractivity contribution in [1.29, 1.82) is 0 Å². The first kappa shape index (κ1) is 8.53. The summed E-state index contributed by atoms with van der Waals surface area (Å²) in [6.07, 6.45) is 1.78. The van der Waals surface area contributed by atoms with Gasteiger partial charge in [-0.15, -0.1) is 0 Å². The predicted octanol–water partition coefficient (Wildman–Crippen LogP) is 2.88. The van der Waals surface area contributed by atoms with E-state index in [4.69, 9.17) is 4.52 Å². The second-order valence-electron chi connectivity index (χ2n) is 4.04. The van der Waals surface area contributed by atoms with Gasteiger partial charge >= 0.3 is 0 Å². The standard InChI is InChI=1S/C12H12N2O/c1-7-3-8(2)11-10(4-7)13-5-9-6-14-15-12(9)11/h3-4,6,13H,5H2,1-2H3. The number of anilines is 1. The Labute approximate surface area is 88.1 Å². The van der Waals surface area contributed by atoms with Crippen molar-refractivity contribution in [1.82, 2.24) is 5.16 Å². The van der Waals surface area contributed by atoms with Crippen LogP contribution < -0.4 is 5.32 Å². The van der Waals surface area contributed by atoms with Gasteiger partial charge in [-0.2, -0.15) is 0 Å². The lowest BCUT2D eigenvalue weighted by Crippen LogP contribution is -2.08. The van der Waals surface area contributed by atoms with Crippen molar-refractivity contribution < 1.29 is 4.52 Å². The molecule has 0 fully saturated rings. The Balaban J connectivity index is 2.32. The van der Waals surface area contributed by atoms with E-state index in [9.17, 15) is 0 Å². The van der Waals surface area contributed by atoms with E-state index in [-0.39, 0.29) is 0 Å². The van der Waals surface area contributed by atoms with Gasteiger partial charge in [-0.25, -0.2) is 0 Å². The van der Waals surface area contributed by atoms with Crippen molar-refractivity contribution in [3.63, 3.8) is 0 Å². The van der Waals surface area contributed by atoms with Crippen LogP contribution in [0.2, 0.25) is 0 Å². The minimum atomic E-state index is 0.800. The summed E-state index contributed by atoms with van der Waals surface area (Å²) < 4.78 is 5.31. The third-order valence-electron chi connectivity index (χ3n) is 2.82. The molecule has 0 amide bonds. The molecule has 0 aliphatic carbocycles. The molecule has 3 rings (SSSR count). The molecule has 1 aliphatic heterocycles. The van der Waals surface area contributed by atoms with Crippen molar-refractivity contribution in [3.05, 3.63) is 35.0 Å². The summed E-state index contributed by atoms with van der Waals surface area (Å²) in [5.74, 6) is 0.918. The van der Waals surface area contributed by atoms with E-state index >= 15 is 0 Å². The molecule has 2 aromatic rings. The average molecular weight is 200 g/mol. The fourth-order valence-corrected chi connectivity index (χ4v) is 2.19. The highest BCUT2D eigenvalue weighted by Gasteiger charge is 2.21. The highest BCUT2D eigenvalue weighted by molar-refractivity contribution is 5.82. The van der Waals surface area contributed by atoms with Crippen LogP contribution in [0.4, 0.5) is 5.69 Å². The molecule has 15 heavy (non-hydrogen) atoms. The first-order valence-corrected chi connectivity index (χ1v) is 5.05. The maximum atomic E-state index is 5.31. The molecule has 0 unspecified atom stereocenters. The van der Waals surface area contributed by atoms with Crippen LogP contribution in [-0.2, 0) is 6.54 Å². The lowest BCUT2D eigenvalue weighted by atomic mass is 9.96. The highest BCUT2D eigenvalue weighted by atomic mass is 16.5. The molecule has 3 heteroatoms. The van der Waals surface area contributed by atoms with Crippen LogP contribution in [0, 0.1) is 13.8 Å². The fraction of sp³-hybridized carbons (Fsp3) is 0.250. The Morgan fingerprint density at radius 3 is 3.07 bits per heavy atom. The van der Waals surface area contributed by atoms with Crippen molar-refractivity contribution in [2.24, 2.45) is 0 Å². The molecule has 0 spiro atoms. The SMILES string of the molecule is Cc1cc(C)c2c(c1)NCc1cnoc1-2. The van der Waals surface area contributed by atoms with E-state index in [2.05, 4.69) is 36.5 Å². The topological polar surface area (TPSA) is 38.1 Å². The summed E-state index contributed by atoms with van der Waals surface area (Å²) in [5, 5.41) is 7.24. The number of aryl methyl sites for hydroxylation is 2. The molecule has 3 nitrogen and oxygen atoms in total. The Morgan fingerprint density at radius 1 is 1.33 bits per heavy atom. The molecule has 0 saturated carbocycles. The van der Waals surface area contributed by atoms with Gasteiger partial charge in [0.2, 0.25) is 0 Å². The summed E-state index contributed by atoms with van der Waals surface area (Å²) in [4.78, 5) is 0. The minimum absolute atomic E-state index is 0.800. The summed E-state index contributed by atoms with van der Waals surface area (Å²) in [5.41, 5.74) is 5.93. The van der Waals surface area contributed by atoms with Crippen LogP contribution in [0.25, 0.3) is 11.3 Å². The van der Waals surface area contributed by atoms with Crippen LogP contribution in [0.3, 0.4) is 0 Å². The monoisotopic (exact) mass is 200 g/mol. The largest absolute Gasteiger partial charge is 0.380 e. The Kier molecular flexibility index (Phi) is 1.63. The van der Waals surface area contributed by atoms with Gasteiger partial charge in [-0.3, -0.25) is 0 Å². The smallest absolute Gasteiger partial charge is 0.174 e. The van der Waals surface area contributed by atoms with Crippen LogP contribution >= 0.6 is 0 Å². The maximum absolute atomic E-state index is 5.31. The number of hydrogen-bond donors (Lipinski definition) is 1. The van der Waals surface area contributed by atoms with Crippen LogP contribution in [0.5, 0.6) is 0 Å². The van der Waals surface area contributed by atoms with Crippen molar-refractivity contribution in [3.8, 4) is 11.3 Å². The van der Waals surface area contributed by atoms with Gasteiger partial charge in [0.1, 0.15) is 0 Å². The maximum Gasteiger partial charge on any atom is 0.174 e. The second kappa shape index (κ2) is 2.86. The molecule has 0 bridgehead atoms. The number of rotatable bonds is 0. The average Bonchev–Trinajstić information content (AvgIpc) is 2.63. The fourth-order valence-electron chi connectivity index (χ4n) is 2.19. The zero-order valence-corrected chi connectivity index (χ0v) is 8.79. The Morgan fingerprint density at radius 2 is 2.20 bits per heavy atom. The molecule has 1 N–H and O–H groups in total. The van der Waals surface area contributed by atoms with Gasteiger partial charge in [-0.1, -0.05) is 11.2 Å². The first-order chi connectivity index (χ1) is 7.25. The molecule has 1 aliphatic rings. The van der Waals surface area contributed by atoms with Crippen molar-refractivity contribution in [2.75, 3.05) is 5.32 Å². The lowest BCUT2D eigenvalue weighted by Gasteiger charge is -2.19. The zero-order valence-electron chi connectivity index (χ0n) is 8.79. The van der Waals surface area contributed by atoms with E-state index in [0.29, 0.717) is 0 Å². The molecule has 0 radical (unpaired) electrons. The summed E-state index contributed by atoms with van der Waals surface area (Å²) in [6, 6.07) is 4.31. The predicted molar refractivity (Wildman–Crippen MR) is 58.7 cm³/mol. The molecule has 2 heterocycles. The van der Waals surface area contributed by atoms with E-state index in [1.807, 2.05) is 0 Å². The molecule has 1 aromatic heterocycles. The van der Waals surface area contributed by atoms with Crippen LogP contribution in [0.15, 0.2) is 22.9 Å². The van der Waals surface area contributed by atoms with Gasteiger partial charge in [-0.05, 0) is 31.0 Å². The molecule has 1 aromatic carbocycles. The molecule has 0 atom stereocenters. The van der Waals surface area contributed by atoms with Gasteiger partial charge in [0.15, 0.2) is 5.76 Å². The van der Waals surface area contributed by atoms with Crippen molar-refractivity contribution >= 4 is 5.69 Å². The quantitative estimate of drug-likeness (QED) is 0.710. The first-order valence-electron chi connectivity index (χ1n) is 5.05. The number of nitrogens with one attached hydrogen (secondary N) is 1. The third-order valence-corrected chi connectivity index (χ3v) is 2.82. The normalized spacial score (nSPS) is 12.9. The van der Waals surface area contributed by atoms with Gasteiger partial charge in [0.05, 0.1) is 6.20 Å². The summed E-state index contributed by atoms with van der Waals surface area (Å²) >= 11 is 0. The Bertz CT molecular complexity index is 528. The van der Waals surface area contributed by atoms with E-state index in [1.165, 1.54) is 11.1 Å². The summed E-state index contributed by atoms with van der Waals surface area (Å²) in [6.45, 7) is 5.00. The van der Waals surface area contributed by atoms with Gasteiger partial charge in [0, 0.05) is 23.4 Å². The van der Waals surface area contributed by atoms with Crippen molar-refractivity contribution in [2.45, 2.75) is 20.4 Å². The van der Waals surface area contributed by atoms with Gasteiger partial charge in [0.25, 0.3) is 0 Å². The van der Waals surface area contributed by atoms with E-state index < -0.39 is 0 Å². The van der Waals surface area contributed by atoms with E-state index in [1.54, 1.807) is 6.20 Å². The van der Waals surface area contributed by atoms with Crippen LogP contribution in [-0.4, -0.2) is 5.16 Å². The zero-order chi connectivity index (χ0) is 10.4. The number of nitrogens with zero attached hydrogens (tertiary/aromatic N) is 1. The van der Waals surface area contributed by atoms with Crippen LogP contribution in [0.1, 0.15) is 16.7 Å². The Hall–Kier alpha value is -1.77. The second-order valence-corrected chi connectivity index (χ2v) is 4.04. The summed E-state index contributed by atoms with van der Waals surface area (Å²) in [7, 11) is 0. The molecule has 0 saturated heterocycles. The highest BCUT2D eigenvalue weighted by Crippen LogP contribution is 2.38. The molecule has 76 valence electrons. The number of fused-ring (bicyclic) bond motifs is 3. The number of benzene rings is 1. The van der Waals surface area contributed by atoms with E-state index in [0.717, 1.165) is 29.1 Å². The number of hydrogen-bond acceptors (Lipinski definition) is 3.